The topological polar surface area (TPSA) is 17.8 Å². The van der Waals surface area contributed by atoms with Gasteiger partial charge in [0, 0.05) is 12.4 Å². The Bertz CT molecular complexity index is 714. The van der Waals surface area contributed by atoms with Crippen LogP contribution >= 0.6 is 0 Å². The normalized spacial score (nSPS) is 17.8. The fourth-order valence-corrected chi connectivity index (χ4v) is 2.93. The lowest BCUT2D eigenvalue weighted by Gasteiger charge is -2.14. The second kappa shape index (κ2) is 3.70. The van der Waals surface area contributed by atoms with Crippen LogP contribution in [0.4, 0.5) is 0 Å². The van der Waals surface area contributed by atoms with Gasteiger partial charge in [0.25, 0.3) is 0 Å². The first-order chi connectivity index (χ1) is 8.93. The molecule has 0 atom stereocenters. The molecular formula is C16H14N2. The molecule has 88 valence electrons. The van der Waals surface area contributed by atoms with E-state index in [1.807, 2.05) is 12.3 Å². The first-order valence-electron chi connectivity index (χ1n) is 6.45. The van der Waals surface area contributed by atoms with Crippen LogP contribution in [0.3, 0.4) is 0 Å². The Kier molecular flexibility index (Phi) is 2.04. The largest absolute Gasteiger partial charge is 0.315 e. The summed E-state index contributed by atoms with van der Waals surface area (Å²) in [5, 5.41) is 0. The highest BCUT2D eigenvalue weighted by Crippen LogP contribution is 2.35. The molecule has 0 N–H and O–H groups in total. The van der Waals surface area contributed by atoms with E-state index in [1.54, 1.807) is 0 Å². The molecule has 1 aliphatic heterocycles. The summed E-state index contributed by atoms with van der Waals surface area (Å²) < 4.78 is 2.28. The Labute approximate surface area is 106 Å². The van der Waals surface area contributed by atoms with E-state index in [9.17, 15) is 0 Å². The highest BCUT2D eigenvalue weighted by molar-refractivity contribution is 5.87. The molecule has 2 heteroatoms. The average Bonchev–Trinajstić information content (AvgIpc) is 2.69. The lowest BCUT2D eigenvalue weighted by Crippen LogP contribution is -1.97. The van der Waals surface area contributed by atoms with Gasteiger partial charge in [-0.05, 0) is 48.6 Å². The summed E-state index contributed by atoms with van der Waals surface area (Å²) >= 11 is 0. The van der Waals surface area contributed by atoms with Gasteiger partial charge < -0.3 is 4.57 Å². The molecule has 1 aliphatic carbocycles. The lowest BCUT2D eigenvalue weighted by molar-refractivity contribution is 1.01. The molecule has 2 nitrogen and oxygen atoms in total. The number of aromatic nitrogens is 2. The summed E-state index contributed by atoms with van der Waals surface area (Å²) in [5.74, 6) is 0. The fourth-order valence-electron chi connectivity index (χ4n) is 2.93. The number of hydrogen-bond acceptors (Lipinski definition) is 1. The van der Waals surface area contributed by atoms with Crippen molar-refractivity contribution in [1.82, 2.24) is 9.55 Å². The first kappa shape index (κ1) is 9.89. The van der Waals surface area contributed by atoms with Crippen molar-refractivity contribution in [3.8, 4) is 0 Å². The molecule has 3 heterocycles. The molecule has 0 saturated carbocycles. The van der Waals surface area contributed by atoms with Crippen molar-refractivity contribution in [3.05, 3.63) is 53.9 Å². The molecule has 0 amide bonds. The van der Waals surface area contributed by atoms with E-state index in [-0.39, 0.29) is 0 Å². The van der Waals surface area contributed by atoms with Crippen LogP contribution in [0.2, 0.25) is 0 Å². The molecule has 2 aliphatic rings. The van der Waals surface area contributed by atoms with Crippen molar-refractivity contribution in [2.75, 3.05) is 0 Å². The lowest BCUT2D eigenvalue weighted by atomic mass is 9.93. The zero-order valence-corrected chi connectivity index (χ0v) is 10.1. The highest BCUT2D eigenvalue weighted by atomic mass is 15.0. The van der Waals surface area contributed by atoms with Gasteiger partial charge in [-0.1, -0.05) is 18.2 Å². The molecule has 4 rings (SSSR count). The van der Waals surface area contributed by atoms with Crippen molar-refractivity contribution < 1.29 is 0 Å². The second-order valence-corrected chi connectivity index (χ2v) is 4.84. The van der Waals surface area contributed by atoms with E-state index in [2.05, 4.69) is 46.1 Å². The van der Waals surface area contributed by atoms with Gasteiger partial charge in [0.05, 0.1) is 16.7 Å². The van der Waals surface area contributed by atoms with Gasteiger partial charge in [0.1, 0.15) is 0 Å². The van der Waals surface area contributed by atoms with E-state index in [4.69, 9.17) is 0 Å². The predicted octanol–water partition coefficient (Wildman–Crippen LogP) is 4.01. The van der Waals surface area contributed by atoms with Gasteiger partial charge in [0.15, 0.2) is 0 Å². The molecule has 0 bridgehead atoms. The Morgan fingerprint density at radius 3 is 3.22 bits per heavy atom. The molecule has 0 unspecified atom stereocenters. The van der Waals surface area contributed by atoms with Crippen molar-refractivity contribution in [2.24, 2.45) is 0 Å². The first-order valence-corrected chi connectivity index (χ1v) is 6.45. The Morgan fingerprint density at radius 2 is 2.22 bits per heavy atom. The Morgan fingerprint density at radius 1 is 1.22 bits per heavy atom. The SMILES string of the molecule is C1=CC2=C(CC1)c1cc3ncccc3n1C=CC2. The van der Waals surface area contributed by atoms with Crippen LogP contribution in [0, 0.1) is 0 Å². The number of pyridine rings is 1. The van der Waals surface area contributed by atoms with Gasteiger partial charge in [-0.25, -0.2) is 0 Å². The maximum Gasteiger partial charge on any atom is 0.0890 e. The molecule has 0 fully saturated rings. The molecule has 2 aromatic heterocycles. The van der Waals surface area contributed by atoms with Crippen LogP contribution in [0.15, 0.2) is 48.2 Å². The third-order valence-corrected chi connectivity index (χ3v) is 3.78. The van der Waals surface area contributed by atoms with E-state index < -0.39 is 0 Å². The molecule has 0 spiro atoms. The predicted molar refractivity (Wildman–Crippen MR) is 75.0 cm³/mol. The summed E-state index contributed by atoms with van der Waals surface area (Å²) in [5.41, 5.74) is 6.55. The number of rotatable bonds is 0. The van der Waals surface area contributed by atoms with Crippen LogP contribution in [0.1, 0.15) is 25.0 Å². The number of nitrogens with zero attached hydrogens (tertiary/aromatic N) is 2. The zero-order valence-electron chi connectivity index (χ0n) is 10.1. The standard InChI is InChI=1S/C16H14N2/c1-2-7-13-12(5-1)6-4-10-18-15-8-3-9-17-14(15)11-16(13)18/h1,3-5,8-11H,2,6-7H2. The van der Waals surface area contributed by atoms with Crippen LogP contribution in [0.5, 0.6) is 0 Å². The molecule has 0 radical (unpaired) electrons. The van der Waals surface area contributed by atoms with E-state index >= 15 is 0 Å². The van der Waals surface area contributed by atoms with E-state index in [1.165, 1.54) is 22.4 Å². The Balaban J connectivity index is 2.07. The van der Waals surface area contributed by atoms with E-state index in [0.717, 1.165) is 24.8 Å². The van der Waals surface area contributed by atoms with Gasteiger partial charge in [-0.15, -0.1) is 0 Å². The van der Waals surface area contributed by atoms with Gasteiger partial charge in [-0.3, -0.25) is 4.98 Å². The Hall–Kier alpha value is -2.09. The zero-order chi connectivity index (χ0) is 11.9. The molecular weight excluding hydrogens is 220 g/mol. The quantitative estimate of drug-likeness (QED) is 0.673. The van der Waals surface area contributed by atoms with Crippen molar-refractivity contribution in [2.45, 2.75) is 19.3 Å². The average molecular weight is 234 g/mol. The van der Waals surface area contributed by atoms with Crippen LogP contribution in [-0.4, -0.2) is 9.55 Å². The minimum atomic E-state index is 1.04. The number of hydrogen-bond donors (Lipinski definition) is 0. The number of fused-ring (bicyclic) bond motifs is 4. The molecule has 2 aromatic rings. The summed E-state index contributed by atoms with van der Waals surface area (Å²) in [6, 6.07) is 6.37. The van der Waals surface area contributed by atoms with Crippen molar-refractivity contribution >= 4 is 22.8 Å². The van der Waals surface area contributed by atoms with Crippen LogP contribution < -0.4 is 0 Å². The third-order valence-electron chi connectivity index (χ3n) is 3.78. The second-order valence-electron chi connectivity index (χ2n) is 4.84. The number of allylic oxidation sites excluding steroid dienone is 5. The minimum absolute atomic E-state index is 1.04. The maximum absolute atomic E-state index is 4.46. The summed E-state index contributed by atoms with van der Waals surface area (Å²) in [6.07, 6.45) is 14.2. The molecule has 18 heavy (non-hydrogen) atoms. The molecule has 0 aromatic carbocycles. The monoisotopic (exact) mass is 234 g/mol. The summed E-state index contributed by atoms with van der Waals surface area (Å²) in [7, 11) is 0. The van der Waals surface area contributed by atoms with E-state index in [0.29, 0.717) is 0 Å². The van der Waals surface area contributed by atoms with Gasteiger partial charge in [-0.2, -0.15) is 0 Å². The van der Waals surface area contributed by atoms with Crippen molar-refractivity contribution in [1.29, 1.82) is 0 Å². The minimum Gasteiger partial charge on any atom is -0.315 e. The highest BCUT2D eigenvalue weighted by Gasteiger charge is 2.17. The fraction of sp³-hybridized carbons (Fsp3) is 0.188. The summed E-state index contributed by atoms with van der Waals surface area (Å²) in [4.78, 5) is 4.46. The third kappa shape index (κ3) is 1.32. The smallest absolute Gasteiger partial charge is 0.0890 e. The maximum atomic E-state index is 4.46. The summed E-state index contributed by atoms with van der Waals surface area (Å²) in [6.45, 7) is 0. The molecule has 0 saturated heterocycles. The van der Waals surface area contributed by atoms with Gasteiger partial charge in [0.2, 0.25) is 0 Å². The van der Waals surface area contributed by atoms with Crippen LogP contribution in [-0.2, 0) is 0 Å². The van der Waals surface area contributed by atoms with Crippen LogP contribution in [0.25, 0.3) is 22.8 Å². The van der Waals surface area contributed by atoms with Gasteiger partial charge >= 0.3 is 0 Å². The van der Waals surface area contributed by atoms with Crippen molar-refractivity contribution in [3.63, 3.8) is 0 Å².